The van der Waals surface area contributed by atoms with Crippen LogP contribution in [0.15, 0.2) is 79.1 Å². The molecule has 2 aromatic heterocycles. The highest BCUT2D eigenvalue weighted by Gasteiger charge is 2.22. The van der Waals surface area contributed by atoms with Crippen molar-refractivity contribution in [2.45, 2.75) is 0 Å². The van der Waals surface area contributed by atoms with Crippen molar-refractivity contribution in [1.29, 1.82) is 0 Å². The molecule has 0 atom stereocenters. The maximum Gasteiger partial charge on any atom is 0.347 e. The van der Waals surface area contributed by atoms with E-state index in [2.05, 4.69) is 33.2 Å². The first-order valence-electron chi connectivity index (χ1n) is 13.7. The van der Waals surface area contributed by atoms with Crippen molar-refractivity contribution in [3.63, 3.8) is 0 Å². The Labute approximate surface area is 243 Å². The fraction of sp³-hybridized carbons (Fsp3) is 0.219. The van der Waals surface area contributed by atoms with Crippen LogP contribution in [0.3, 0.4) is 0 Å². The Kier molecular flexibility index (Phi) is 7.45. The molecule has 3 heterocycles. The number of rotatable bonds is 7. The van der Waals surface area contributed by atoms with Crippen LogP contribution in [0.4, 0.5) is 21.7 Å². The Balaban J connectivity index is 1.36. The zero-order valence-corrected chi connectivity index (χ0v) is 23.7. The highest BCUT2D eigenvalue weighted by molar-refractivity contribution is 6.03. The van der Waals surface area contributed by atoms with E-state index in [1.165, 1.54) is 30.5 Å². The number of ether oxygens (including phenoxy) is 2. The Bertz CT molecular complexity index is 1750. The number of para-hydroxylation sites is 1. The third-order valence-corrected chi connectivity index (χ3v) is 7.48. The van der Waals surface area contributed by atoms with Crippen LogP contribution in [0.2, 0.25) is 0 Å². The number of carbonyl (C=O) groups is 1. The van der Waals surface area contributed by atoms with E-state index in [9.17, 15) is 9.18 Å². The Morgan fingerprint density at radius 1 is 0.976 bits per heavy atom. The molecule has 0 amide bonds. The number of methoxy groups -OCH3 is 1. The van der Waals surface area contributed by atoms with Crippen molar-refractivity contribution in [1.82, 2.24) is 19.4 Å². The van der Waals surface area contributed by atoms with E-state index in [4.69, 9.17) is 14.5 Å². The average molecular weight is 567 g/mol. The second kappa shape index (κ2) is 11.5. The number of hydrogen-bond donors (Lipinski definition) is 1. The summed E-state index contributed by atoms with van der Waals surface area (Å²) < 4.78 is 26.7. The van der Waals surface area contributed by atoms with E-state index in [0.717, 1.165) is 48.3 Å². The molecule has 1 N–H and O–H groups in total. The molecule has 1 aliphatic rings. The minimum Gasteiger partial charge on any atom is -0.494 e. The molecule has 1 saturated heterocycles. The zero-order chi connectivity index (χ0) is 29.2. The van der Waals surface area contributed by atoms with Gasteiger partial charge in [0.25, 0.3) is 0 Å². The van der Waals surface area contributed by atoms with Crippen molar-refractivity contribution >= 4 is 34.2 Å². The molecule has 0 aliphatic carbocycles. The monoisotopic (exact) mass is 566 g/mol. The fourth-order valence-electron chi connectivity index (χ4n) is 5.16. The van der Waals surface area contributed by atoms with Gasteiger partial charge in [-0.3, -0.25) is 0 Å². The van der Waals surface area contributed by atoms with Gasteiger partial charge in [-0.15, -0.1) is 0 Å². The number of carbonyl (C=O) groups excluding carboxylic acids is 1. The molecule has 5 aromatic rings. The molecule has 9 nitrogen and oxygen atoms in total. The summed E-state index contributed by atoms with van der Waals surface area (Å²) in [6, 6.07) is 19.2. The molecule has 6 rings (SSSR count). The minimum absolute atomic E-state index is 0.179. The zero-order valence-electron chi connectivity index (χ0n) is 23.7. The first-order valence-corrected chi connectivity index (χ1v) is 13.7. The SMILES string of the molecule is COc1cc(N2CCN(C)CC2)ccc1Nc1ncc(C(=O)Oc2ccc(F)cc2)c(-c2cn(C)c3ccccc23)n1. The number of aromatic nitrogens is 3. The highest BCUT2D eigenvalue weighted by atomic mass is 19.1. The third-order valence-electron chi connectivity index (χ3n) is 7.48. The molecule has 42 heavy (non-hydrogen) atoms. The number of hydrogen-bond acceptors (Lipinski definition) is 8. The van der Waals surface area contributed by atoms with Gasteiger partial charge in [-0.25, -0.2) is 19.2 Å². The van der Waals surface area contributed by atoms with E-state index in [1.807, 2.05) is 54.2 Å². The minimum atomic E-state index is -0.648. The summed E-state index contributed by atoms with van der Waals surface area (Å²) in [5.74, 6) is 0.100. The summed E-state index contributed by atoms with van der Waals surface area (Å²) in [4.78, 5) is 27.3. The van der Waals surface area contributed by atoms with Crippen molar-refractivity contribution in [2.24, 2.45) is 7.05 Å². The van der Waals surface area contributed by atoms with Gasteiger partial charge in [0, 0.05) is 73.8 Å². The van der Waals surface area contributed by atoms with Gasteiger partial charge in [0.1, 0.15) is 22.9 Å². The summed E-state index contributed by atoms with van der Waals surface area (Å²) in [5.41, 5.74) is 4.10. The number of likely N-dealkylation sites (N-methyl/N-ethyl adjacent to an activating group) is 1. The lowest BCUT2D eigenvalue weighted by atomic mass is 10.1. The van der Waals surface area contributed by atoms with Crippen LogP contribution in [0.1, 0.15) is 10.4 Å². The number of halogens is 1. The van der Waals surface area contributed by atoms with Crippen LogP contribution in [0.5, 0.6) is 11.5 Å². The molecule has 3 aromatic carbocycles. The molecule has 0 saturated carbocycles. The molecule has 1 aliphatic heterocycles. The van der Waals surface area contributed by atoms with Crippen LogP contribution in [-0.4, -0.2) is 65.7 Å². The van der Waals surface area contributed by atoms with Gasteiger partial charge < -0.3 is 29.2 Å². The summed E-state index contributed by atoms with van der Waals surface area (Å²) in [5, 5.41) is 4.20. The summed E-state index contributed by atoms with van der Waals surface area (Å²) in [6.45, 7) is 3.89. The van der Waals surface area contributed by atoms with Gasteiger partial charge in [0.15, 0.2) is 0 Å². The maximum atomic E-state index is 13.4. The van der Waals surface area contributed by atoms with Crippen molar-refractivity contribution < 1.29 is 18.7 Å². The predicted molar refractivity (Wildman–Crippen MR) is 161 cm³/mol. The number of fused-ring (bicyclic) bond motifs is 1. The number of nitrogens with zero attached hydrogens (tertiary/aromatic N) is 5. The normalized spacial score (nSPS) is 13.8. The quantitative estimate of drug-likeness (QED) is 0.204. The van der Waals surface area contributed by atoms with E-state index in [-0.39, 0.29) is 11.3 Å². The van der Waals surface area contributed by atoms with Crippen molar-refractivity contribution in [3.8, 4) is 22.8 Å². The summed E-state index contributed by atoms with van der Waals surface area (Å²) in [7, 11) is 5.70. The largest absolute Gasteiger partial charge is 0.494 e. The van der Waals surface area contributed by atoms with Gasteiger partial charge in [-0.2, -0.15) is 0 Å². The molecule has 0 bridgehead atoms. The predicted octanol–water partition coefficient (Wildman–Crippen LogP) is 5.50. The lowest BCUT2D eigenvalue weighted by molar-refractivity contribution is 0.0734. The Morgan fingerprint density at radius 3 is 2.50 bits per heavy atom. The second-order valence-corrected chi connectivity index (χ2v) is 10.3. The Morgan fingerprint density at radius 2 is 1.74 bits per heavy atom. The number of aryl methyl sites for hydroxylation is 1. The lowest BCUT2D eigenvalue weighted by Gasteiger charge is -2.34. The Hall–Kier alpha value is -4.96. The molecule has 0 spiro atoms. The van der Waals surface area contributed by atoms with Gasteiger partial charge in [0.05, 0.1) is 18.5 Å². The smallest absolute Gasteiger partial charge is 0.347 e. The summed E-state index contributed by atoms with van der Waals surface area (Å²) >= 11 is 0. The van der Waals surface area contributed by atoms with Crippen molar-refractivity contribution in [2.75, 3.05) is 50.6 Å². The van der Waals surface area contributed by atoms with Crippen LogP contribution in [0.25, 0.3) is 22.2 Å². The van der Waals surface area contributed by atoms with E-state index in [0.29, 0.717) is 23.1 Å². The molecular weight excluding hydrogens is 535 g/mol. The van der Waals surface area contributed by atoms with Gasteiger partial charge in [0.2, 0.25) is 5.95 Å². The number of nitrogens with one attached hydrogen (secondary N) is 1. The molecule has 1 fully saturated rings. The molecule has 0 unspecified atom stereocenters. The van der Waals surface area contributed by atoms with Crippen LogP contribution >= 0.6 is 0 Å². The molecule has 0 radical (unpaired) electrons. The molecule has 10 heteroatoms. The number of esters is 1. The van der Waals surface area contributed by atoms with Crippen LogP contribution < -0.4 is 19.7 Å². The first kappa shape index (κ1) is 27.2. The standard InChI is InChI=1S/C32H31FN6O3/c1-37-14-16-39(17-15-37)22-10-13-27(29(18-22)41-3)35-32-34-19-25(31(40)42-23-11-8-21(33)9-12-23)30(36-32)26-20-38(2)28-7-5-4-6-24(26)28/h4-13,18-20H,14-17H2,1-3H3,(H,34,35,36). The van der Waals surface area contributed by atoms with Gasteiger partial charge in [-0.1, -0.05) is 18.2 Å². The number of anilines is 3. The molecule has 214 valence electrons. The first-order chi connectivity index (χ1) is 20.4. The highest BCUT2D eigenvalue weighted by Crippen LogP contribution is 2.35. The fourth-order valence-corrected chi connectivity index (χ4v) is 5.16. The average Bonchev–Trinajstić information content (AvgIpc) is 3.35. The van der Waals surface area contributed by atoms with E-state index < -0.39 is 11.8 Å². The summed E-state index contributed by atoms with van der Waals surface area (Å²) in [6.07, 6.45) is 3.38. The lowest BCUT2D eigenvalue weighted by Crippen LogP contribution is -2.44. The topological polar surface area (TPSA) is 84.8 Å². The molecular formula is C32H31FN6O3. The third kappa shape index (κ3) is 5.48. The van der Waals surface area contributed by atoms with Crippen LogP contribution in [-0.2, 0) is 7.05 Å². The van der Waals surface area contributed by atoms with Crippen LogP contribution in [0, 0.1) is 5.82 Å². The van der Waals surface area contributed by atoms with E-state index >= 15 is 0 Å². The number of piperazine rings is 1. The van der Waals surface area contributed by atoms with E-state index in [1.54, 1.807) is 7.11 Å². The van der Waals surface area contributed by atoms with Gasteiger partial charge in [-0.05, 0) is 49.5 Å². The number of benzene rings is 3. The second-order valence-electron chi connectivity index (χ2n) is 10.3. The van der Waals surface area contributed by atoms with Crippen molar-refractivity contribution in [3.05, 3.63) is 90.5 Å². The van der Waals surface area contributed by atoms with Gasteiger partial charge >= 0.3 is 5.97 Å². The maximum absolute atomic E-state index is 13.4.